The number of cyclic esters (lactones) is 1. The summed E-state index contributed by atoms with van der Waals surface area (Å²) in [5.74, 6) is -0.626. The summed E-state index contributed by atoms with van der Waals surface area (Å²) in [6.07, 6.45) is 1.07. The molecule has 0 aromatic heterocycles. The zero-order valence-electron chi connectivity index (χ0n) is 16.7. The summed E-state index contributed by atoms with van der Waals surface area (Å²) in [7, 11) is -3.46. The summed E-state index contributed by atoms with van der Waals surface area (Å²) in [5, 5.41) is 0. The molecule has 0 spiro atoms. The Bertz CT molecular complexity index is 868. The monoisotopic (exact) mass is 421 g/mol. The largest absolute Gasteiger partial charge is 0.444 e. The number of amides is 2. The minimum atomic E-state index is -3.46. The molecule has 2 heterocycles. The number of hydrogen-bond donors (Lipinski definition) is 0. The summed E-state index contributed by atoms with van der Waals surface area (Å²) >= 11 is 0. The Morgan fingerprint density at radius 1 is 1.28 bits per heavy atom. The Balaban J connectivity index is 1.72. The molecule has 0 N–H and O–H groups in total. The minimum absolute atomic E-state index is 0.0167. The van der Waals surface area contributed by atoms with Gasteiger partial charge in [-0.2, -0.15) is 0 Å². The Hall–Kier alpha value is -2.19. The van der Waals surface area contributed by atoms with Gasteiger partial charge >= 0.3 is 6.09 Å². The fraction of sp³-hybridized carbons (Fsp3) is 0.524. The SMILES string of the molecule is C=CC[C@@H]1O[C@H](C[C@H]2CN(C(C)=O)C(=O)O2)[C@H](C)[C@H]1CS(=O)(=O)c1ccccc1. The van der Waals surface area contributed by atoms with Crippen LogP contribution in [0.15, 0.2) is 47.9 Å². The van der Waals surface area contributed by atoms with Crippen LogP contribution in [0.5, 0.6) is 0 Å². The van der Waals surface area contributed by atoms with E-state index < -0.39 is 22.0 Å². The number of benzene rings is 1. The molecule has 0 saturated carbocycles. The molecule has 0 aliphatic carbocycles. The van der Waals surface area contributed by atoms with Crippen LogP contribution >= 0.6 is 0 Å². The van der Waals surface area contributed by atoms with Crippen LogP contribution in [0.25, 0.3) is 0 Å². The number of ether oxygens (including phenoxy) is 2. The lowest BCUT2D eigenvalue weighted by Crippen LogP contribution is -2.31. The molecule has 0 bridgehead atoms. The van der Waals surface area contributed by atoms with Gasteiger partial charge in [0.1, 0.15) is 6.10 Å². The van der Waals surface area contributed by atoms with E-state index >= 15 is 0 Å². The van der Waals surface area contributed by atoms with Gasteiger partial charge in [-0.1, -0.05) is 31.2 Å². The fourth-order valence-electron chi connectivity index (χ4n) is 4.13. The van der Waals surface area contributed by atoms with Crippen LogP contribution in [0.3, 0.4) is 0 Å². The van der Waals surface area contributed by atoms with Gasteiger partial charge in [0, 0.05) is 19.3 Å². The van der Waals surface area contributed by atoms with Gasteiger partial charge in [0.2, 0.25) is 5.91 Å². The Morgan fingerprint density at radius 2 is 1.97 bits per heavy atom. The maximum Gasteiger partial charge on any atom is 0.416 e. The Morgan fingerprint density at radius 3 is 2.55 bits per heavy atom. The molecule has 1 aromatic carbocycles. The summed E-state index contributed by atoms with van der Waals surface area (Å²) in [5.41, 5.74) is 0. The molecule has 0 unspecified atom stereocenters. The normalized spacial score (nSPS) is 29.7. The van der Waals surface area contributed by atoms with Crippen molar-refractivity contribution >= 4 is 21.8 Å². The van der Waals surface area contributed by atoms with Crippen LogP contribution in [0.2, 0.25) is 0 Å². The zero-order chi connectivity index (χ0) is 21.2. The van der Waals surface area contributed by atoms with Crippen molar-refractivity contribution in [3.05, 3.63) is 43.0 Å². The van der Waals surface area contributed by atoms with Crippen LogP contribution in [-0.2, 0) is 24.1 Å². The number of hydrogen-bond acceptors (Lipinski definition) is 6. The van der Waals surface area contributed by atoms with Gasteiger partial charge < -0.3 is 9.47 Å². The summed E-state index contributed by atoms with van der Waals surface area (Å²) in [6.45, 7) is 7.25. The first-order chi connectivity index (χ1) is 13.7. The number of carbonyl (C=O) groups is 2. The molecule has 2 aliphatic heterocycles. The molecule has 3 rings (SSSR count). The fourth-order valence-corrected chi connectivity index (χ4v) is 5.91. The second kappa shape index (κ2) is 8.67. The molecule has 0 radical (unpaired) electrons. The molecule has 1 aromatic rings. The number of nitrogens with zero attached hydrogens (tertiary/aromatic N) is 1. The molecule has 7 nitrogen and oxygen atoms in total. The van der Waals surface area contributed by atoms with Gasteiger partial charge in [0.05, 0.1) is 29.4 Å². The quantitative estimate of drug-likeness (QED) is 0.629. The summed E-state index contributed by atoms with van der Waals surface area (Å²) < 4.78 is 37.3. The smallest absolute Gasteiger partial charge is 0.416 e. The standard InChI is InChI=1S/C21H27NO6S/c1-4-8-19-18(13-29(25,26)17-9-6-5-7-10-17)14(2)20(28-19)11-16-12-22(15(3)23)21(24)27-16/h4-7,9-10,14,16,18-20H,1,8,11-13H2,2-3H3/t14-,16+,18-,19+,20-/m1/s1. The van der Waals surface area contributed by atoms with E-state index in [0.29, 0.717) is 17.7 Å². The van der Waals surface area contributed by atoms with Crippen molar-refractivity contribution in [2.45, 2.75) is 49.9 Å². The van der Waals surface area contributed by atoms with E-state index in [9.17, 15) is 18.0 Å². The number of carbonyl (C=O) groups excluding carboxylic acids is 2. The van der Waals surface area contributed by atoms with Crippen molar-refractivity contribution in [2.75, 3.05) is 12.3 Å². The van der Waals surface area contributed by atoms with Crippen molar-refractivity contribution < 1.29 is 27.5 Å². The maximum absolute atomic E-state index is 12.9. The number of rotatable bonds is 7. The Kier molecular flexibility index (Phi) is 6.43. The second-order valence-electron chi connectivity index (χ2n) is 7.73. The lowest BCUT2D eigenvalue weighted by molar-refractivity contribution is -0.125. The van der Waals surface area contributed by atoms with Gasteiger partial charge in [-0.05, 0) is 24.5 Å². The van der Waals surface area contributed by atoms with Crippen molar-refractivity contribution in [3.8, 4) is 0 Å². The predicted molar refractivity (Wildman–Crippen MR) is 107 cm³/mol. The molecular formula is C21H27NO6S. The molecule has 158 valence electrons. The van der Waals surface area contributed by atoms with Crippen molar-refractivity contribution in [1.29, 1.82) is 0 Å². The molecule has 2 saturated heterocycles. The van der Waals surface area contributed by atoms with E-state index in [1.807, 2.05) is 6.92 Å². The van der Waals surface area contributed by atoms with Gasteiger partial charge in [-0.25, -0.2) is 18.1 Å². The number of sulfone groups is 1. The van der Waals surface area contributed by atoms with E-state index in [1.165, 1.54) is 6.92 Å². The van der Waals surface area contributed by atoms with E-state index in [4.69, 9.17) is 9.47 Å². The van der Waals surface area contributed by atoms with Crippen molar-refractivity contribution in [2.24, 2.45) is 11.8 Å². The molecule has 2 amide bonds. The zero-order valence-corrected chi connectivity index (χ0v) is 17.5. The van der Waals surface area contributed by atoms with Gasteiger partial charge in [0.15, 0.2) is 9.84 Å². The predicted octanol–water partition coefficient (Wildman–Crippen LogP) is 2.81. The number of imide groups is 1. The third-order valence-electron chi connectivity index (χ3n) is 5.75. The summed E-state index contributed by atoms with van der Waals surface area (Å²) in [4.78, 5) is 24.7. The average Bonchev–Trinajstić information content (AvgIpc) is 3.18. The first kappa shape index (κ1) is 21.5. The molecule has 2 fully saturated rings. The van der Waals surface area contributed by atoms with Gasteiger partial charge in [-0.15, -0.1) is 6.58 Å². The molecule has 2 aliphatic rings. The minimum Gasteiger partial charge on any atom is -0.444 e. The lowest BCUT2D eigenvalue weighted by Gasteiger charge is -2.21. The van der Waals surface area contributed by atoms with Crippen LogP contribution in [0.1, 0.15) is 26.7 Å². The van der Waals surface area contributed by atoms with Crippen LogP contribution < -0.4 is 0 Å². The Labute approximate surface area is 171 Å². The van der Waals surface area contributed by atoms with E-state index in [1.54, 1.807) is 36.4 Å². The van der Waals surface area contributed by atoms with E-state index in [-0.39, 0.29) is 42.2 Å². The van der Waals surface area contributed by atoms with Gasteiger partial charge in [0.25, 0.3) is 0 Å². The van der Waals surface area contributed by atoms with E-state index in [0.717, 1.165) is 4.90 Å². The third-order valence-corrected chi connectivity index (χ3v) is 7.57. The molecule has 5 atom stereocenters. The van der Waals surface area contributed by atoms with Crippen molar-refractivity contribution in [3.63, 3.8) is 0 Å². The highest BCUT2D eigenvalue weighted by atomic mass is 32.2. The second-order valence-corrected chi connectivity index (χ2v) is 9.76. The highest BCUT2D eigenvalue weighted by Gasteiger charge is 2.46. The molecular weight excluding hydrogens is 394 g/mol. The summed E-state index contributed by atoms with van der Waals surface area (Å²) in [6, 6.07) is 8.40. The van der Waals surface area contributed by atoms with Crippen LogP contribution in [0.4, 0.5) is 4.79 Å². The van der Waals surface area contributed by atoms with E-state index in [2.05, 4.69) is 6.58 Å². The average molecular weight is 422 g/mol. The third kappa shape index (κ3) is 4.70. The lowest BCUT2D eigenvalue weighted by atomic mass is 9.87. The topological polar surface area (TPSA) is 90.0 Å². The highest BCUT2D eigenvalue weighted by molar-refractivity contribution is 7.91. The first-order valence-electron chi connectivity index (χ1n) is 9.75. The van der Waals surface area contributed by atoms with Crippen LogP contribution in [-0.4, -0.2) is 55.9 Å². The van der Waals surface area contributed by atoms with Crippen LogP contribution in [0, 0.1) is 11.8 Å². The molecule has 8 heteroatoms. The maximum atomic E-state index is 12.9. The first-order valence-corrected chi connectivity index (χ1v) is 11.4. The van der Waals surface area contributed by atoms with Gasteiger partial charge in [-0.3, -0.25) is 4.79 Å². The van der Waals surface area contributed by atoms with Crippen molar-refractivity contribution in [1.82, 2.24) is 4.90 Å². The highest BCUT2D eigenvalue weighted by Crippen LogP contribution is 2.39. The molecule has 29 heavy (non-hydrogen) atoms.